The molecule has 0 heterocycles. The van der Waals surface area contributed by atoms with Gasteiger partial charge in [0.25, 0.3) is 0 Å². The third-order valence-electron chi connectivity index (χ3n) is 3.49. The van der Waals surface area contributed by atoms with Gasteiger partial charge in [-0.05, 0) is 37.1 Å². The lowest BCUT2D eigenvalue weighted by Gasteiger charge is -2.35. The molecule has 0 atom stereocenters. The molecule has 1 saturated carbocycles. The van der Waals surface area contributed by atoms with Gasteiger partial charge in [-0.2, -0.15) is 0 Å². The van der Waals surface area contributed by atoms with Crippen LogP contribution in [0.2, 0.25) is 0 Å². The summed E-state index contributed by atoms with van der Waals surface area (Å²) in [6.07, 6.45) is 1.32. The van der Waals surface area contributed by atoms with E-state index in [0.29, 0.717) is 24.9 Å². The number of nitrogens with one attached hydrogen (secondary N) is 1. The smallest absolute Gasteiger partial charge is 0.319 e. The molecule has 0 aliphatic heterocycles. The Labute approximate surface area is 115 Å². The van der Waals surface area contributed by atoms with Gasteiger partial charge >= 0.3 is 5.97 Å². The lowest BCUT2D eigenvalue weighted by molar-refractivity contribution is -0.159. The average molecular weight is 298 g/mol. The van der Waals surface area contributed by atoms with Crippen molar-refractivity contribution in [1.29, 1.82) is 0 Å². The van der Waals surface area contributed by atoms with E-state index in [-0.39, 0.29) is 4.90 Å². The highest BCUT2D eigenvalue weighted by Gasteiger charge is 2.51. The Morgan fingerprint density at radius 2 is 1.75 bits per heavy atom. The van der Waals surface area contributed by atoms with Gasteiger partial charge < -0.3 is 10.4 Å². The Morgan fingerprint density at radius 3 is 2.10 bits per heavy atom. The number of carboxylic acids is 1. The zero-order chi connectivity index (χ0) is 15.0. The normalized spacial score (nSPS) is 17.1. The number of carboxylic acid groups (broad SMARTS) is 1. The van der Waals surface area contributed by atoms with E-state index in [0.717, 1.165) is 0 Å². The molecule has 8 heteroatoms. The molecule has 1 aliphatic rings. The summed E-state index contributed by atoms with van der Waals surface area (Å²) in [6.45, 7) is 0. The Hall–Kier alpha value is -1.93. The molecule has 1 aromatic rings. The summed E-state index contributed by atoms with van der Waals surface area (Å²) < 4.78 is 22.2. The van der Waals surface area contributed by atoms with Crippen LogP contribution in [0.3, 0.4) is 0 Å². The van der Waals surface area contributed by atoms with Gasteiger partial charge in [-0.1, -0.05) is 6.42 Å². The van der Waals surface area contributed by atoms with Crippen molar-refractivity contribution in [3.63, 3.8) is 0 Å². The van der Waals surface area contributed by atoms with Crippen LogP contribution >= 0.6 is 0 Å². The van der Waals surface area contributed by atoms with Crippen LogP contribution in [0.15, 0.2) is 29.2 Å². The van der Waals surface area contributed by atoms with Crippen LogP contribution < -0.4 is 10.5 Å². The first-order chi connectivity index (χ1) is 9.25. The molecule has 0 bridgehead atoms. The summed E-state index contributed by atoms with van der Waals surface area (Å²) in [5.41, 5.74) is -1.03. The summed E-state index contributed by atoms with van der Waals surface area (Å²) in [4.78, 5) is 23.1. The van der Waals surface area contributed by atoms with Crippen LogP contribution in [0.4, 0.5) is 5.69 Å². The zero-order valence-electron chi connectivity index (χ0n) is 10.5. The van der Waals surface area contributed by atoms with Crippen LogP contribution in [0.25, 0.3) is 0 Å². The first kappa shape index (κ1) is 14.5. The first-order valence-corrected chi connectivity index (χ1v) is 7.48. The van der Waals surface area contributed by atoms with Crippen molar-refractivity contribution < 1.29 is 23.1 Å². The highest BCUT2D eigenvalue weighted by atomic mass is 32.2. The topological polar surface area (TPSA) is 127 Å². The Kier molecular flexibility index (Phi) is 3.53. The second kappa shape index (κ2) is 4.88. The molecule has 0 unspecified atom stereocenters. The predicted octanol–water partition coefficient (Wildman–Crippen LogP) is 0.527. The maximum Gasteiger partial charge on any atom is 0.319 e. The average Bonchev–Trinajstić information content (AvgIpc) is 2.26. The van der Waals surface area contributed by atoms with E-state index in [4.69, 9.17) is 10.2 Å². The fourth-order valence-corrected chi connectivity index (χ4v) is 2.56. The molecular formula is C12H14N2O5S. The maximum absolute atomic E-state index is 12.0. The number of hydrogen-bond acceptors (Lipinski definition) is 4. The number of anilines is 1. The largest absolute Gasteiger partial charge is 0.480 e. The van der Waals surface area contributed by atoms with Gasteiger partial charge in [-0.3, -0.25) is 9.59 Å². The molecule has 1 aromatic carbocycles. The standard InChI is InChI=1S/C12H14N2O5S/c13-20(18,19)9-4-2-8(3-5-9)14-10(15)12(11(16)17)6-1-7-12/h2-5H,1,6-7H2,(H,14,15)(H,16,17)(H2,13,18,19). The van der Waals surface area contributed by atoms with E-state index in [9.17, 15) is 18.0 Å². The van der Waals surface area contributed by atoms with E-state index < -0.39 is 27.3 Å². The van der Waals surface area contributed by atoms with Crippen molar-refractivity contribution in [1.82, 2.24) is 0 Å². The fraction of sp³-hybridized carbons (Fsp3) is 0.333. The highest BCUT2D eigenvalue weighted by Crippen LogP contribution is 2.42. The molecule has 0 spiro atoms. The summed E-state index contributed by atoms with van der Waals surface area (Å²) >= 11 is 0. The van der Waals surface area contributed by atoms with Gasteiger partial charge in [0.05, 0.1) is 4.90 Å². The second-order valence-corrected chi connectivity index (χ2v) is 6.33. The lowest BCUT2D eigenvalue weighted by Crippen LogP contribution is -2.48. The van der Waals surface area contributed by atoms with E-state index in [1.165, 1.54) is 24.3 Å². The molecular weight excluding hydrogens is 284 g/mol. The Morgan fingerprint density at radius 1 is 1.20 bits per heavy atom. The fourth-order valence-electron chi connectivity index (χ4n) is 2.05. The quantitative estimate of drug-likeness (QED) is 0.699. The molecule has 0 radical (unpaired) electrons. The van der Waals surface area contributed by atoms with Crippen molar-refractivity contribution in [3.05, 3.63) is 24.3 Å². The summed E-state index contributed by atoms with van der Waals surface area (Å²) in [5.74, 6) is -1.72. The summed E-state index contributed by atoms with van der Waals surface area (Å²) in [7, 11) is -3.79. The molecule has 1 amide bonds. The number of rotatable bonds is 4. The minimum absolute atomic E-state index is 0.0768. The van der Waals surface area contributed by atoms with Crippen LogP contribution in [-0.2, 0) is 19.6 Å². The number of hydrogen-bond donors (Lipinski definition) is 3. The number of benzene rings is 1. The van der Waals surface area contributed by atoms with Gasteiger partial charge in [-0.15, -0.1) is 0 Å². The summed E-state index contributed by atoms with van der Waals surface area (Å²) in [6, 6.07) is 5.23. The number of nitrogens with two attached hydrogens (primary N) is 1. The van der Waals surface area contributed by atoms with Crippen molar-refractivity contribution in [2.45, 2.75) is 24.2 Å². The number of amides is 1. The van der Waals surface area contributed by atoms with E-state index in [2.05, 4.69) is 5.32 Å². The van der Waals surface area contributed by atoms with Crippen molar-refractivity contribution >= 4 is 27.6 Å². The van der Waals surface area contributed by atoms with E-state index >= 15 is 0 Å². The Balaban J connectivity index is 2.15. The number of carbonyl (C=O) groups is 2. The van der Waals surface area contributed by atoms with Gasteiger partial charge in [0.1, 0.15) is 5.41 Å². The number of aliphatic carboxylic acids is 1. The molecule has 20 heavy (non-hydrogen) atoms. The van der Waals surface area contributed by atoms with Gasteiger partial charge in [0.2, 0.25) is 15.9 Å². The van der Waals surface area contributed by atoms with Crippen molar-refractivity contribution in [2.75, 3.05) is 5.32 Å². The van der Waals surface area contributed by atoms with E-state index in [1.54, 1.807) is 0 Å². The minimum Gasteiger partial charge on any atom is -0.480 e. The highest BCUT2D eigenvalue weighted by molar-refractivity contribution is 7.89. The number of primary sulfonamides is 1. The number of sulfonamides is 1. The monoisotopic (exact) mass is 298 g/mol. The van der Waals surface area contributed by atoms with E-state index in [1.807, 2.05) is 0 Å². The summed E-state index contributed by atoms with van der Waals surface area (Å²) in [5, 5.41) is 16.6. The first-order valence-electron chi connectivity index (χ1n) is 5.93. The Bertz CT molecular complexity index is 647. The van der Waals surface area contributed by atoms with Crippen LogP contribution in [0, 0.1) is 5.41 Å². The van der Waals surface area contributed by atoms with Crippen LogP contribution in [0.5, 0.6) is 0 Å². The van der Waals surface area contributed by atoms with Crippen molar-refractivity contribution in [2.24, 2.45) is 10.6 Å². The van der Waals surface area contributed by atoms with Crippen LogP contribution in [-0.4, -0.2) is 25.4 Å². The van der Waals surface area contributed by atoms with Crippen LogP contribution in [0.1, 0.15) is 19.3 Å². The van der Waals surface area contributed by atoms with Gasteiger partial charge in [0, 0.05) is 5.69 Å². The van der Waals surface area contributed by atoms with Crippen molar-refractivity contribution in [3.8, 4) is 0 Å². The molecule has 1 aliphatic carbocycles. The molecule has 0 aromatic heterocycles. The minimum atomic E-state index is -3.79. The SMILES string of the molecule is NS(=O)(=O)c1ccc(NC(=O)C2(C(=O)O)CCC2)cc1. The second-order valence-electron chi connectivity index (χ2n) is 4.76. The molecule has 108 valence electrons. The lowest BCUT2D eigenvalue weighted by atomic mass is 9.68. The van der Waals surface area contributed by atoms with Gasteiger partial charge in [-0.25, -0.2) is 13.6 Å². The molecule has 0 saturated heterocycles. The maximum atomic E-state index is 12.0. The molecule has 7 nitrogen and oxygen atoms in total. The third kappa shape index (κ3) is 2.52. The molecule has 4 N–H and O–H groups in total. The molecule has 2 rings (SSSR count). The number of carbonyl (C=O) groups excluding carboxylic acids is 1. The van der Waals surface area contributed by atoms with Gasteiger partial charge in [0.15, 0.2) is 0 Å². The molecule has 1 fully saturated rings. The third-order valence-corrected chi connectivity index (χ3v) is 4.42. The predicted molar refractivity (Wildman–Crippen MR) is 70.4 cm³/mol. The zero-order valence-corrected chi connectivity index (χ0v) is 11.3.